The van der Waals surface area contributed by atoms with Gasteiger partial charge in [-0.25, -0.2) is 0 Å². The first-order valence-electron chi connectivity index (χ1n) is 4.78. The Labute approximate surface area is 99.6 Å². The van der Waals surface area contributed by atoms with E-state index >= 15 is 0 Å². The van der Waals surface area contributed by atoms with Crippen LogP contribution in [0.3, 0.4) is 0 Å². The third-order valence-electron chi connectivity index (χ3n) is 2.16. The van der Waals surface area contributed by atoms with Crippen LogP contribution in [-0.2, 0) is 0 Å². The first-order valence-corrected chi connectivity index (χ1v) is 5.16. The lowest BCUT2D eigenvalue weighted by Crippen LogP contribution is -2.38. The first-order chi connectivity index (χ1) is 7.63. The Balaban J connectivity index is 3.22. The van der Waals surface area contributed by atoms with Crippen molar-refractivity contribution in [3.05, 3.63) is 23.2 Å². The van der Waals surface area contributed by atoms with Crippen molar-refractivity contribution in [2.75, 3.05) is 18.6 Å². The molecule has 0 amide bonds. The predicted octanol–water partition coefficient (Wildman–Crippen LogP) is 1.36. The molecule has 0 spiro atoms. The minimum atomic E-state index is 0.211. The topological polar surface area (TPSA) is 76.9 Å². The SMILES string of the molecule is CCN(/C(N)=N/N)c1cc(Cl)ccc1OC. The number of methoxy groups -OCH3 is 1. The van der Waals surface area contributed by atoms with Gasteiger partial charge in [0.1, 0.15) is 5.75 Å². The van der Waals surface area contributed by atoms with Crippen molar-refractivity contribution in [1.82, 2.24) is 0 Å². The highest BCUT2D eigenvalue weighted by molar-refractivity contribution is 6.31. The van der Waals surface area contributed by atoms with E-state index in [0.717, 1.165) is 5.69 Å². The molecule has 0 radical (unpaired) electrons. The molecule has 0 bridgehead atoms. The lowest BCUT2D eigenvalue weighted by atomic mass is 10.2. The molecule has 0 saturated heterocycles. The van der Waals surface area contributed by atoms with Gasteiger partial charge in [-0.05, 0) is 25.1 Å². The zero-order valence-corrected chi connectivity index (χ0v) is 10.0. The second-order valence-electron chi connectivity index (χ2n) is 3.05. The van der Waals surface area contributed by atoms with Crippen molar-refractivity contribution in [1.29, 1.82) is 0 Å². The fraction of sp³-hybridized carbons (Fsp3) is 0.300. The summed E-state index contributed by atoms with van der Waals surface area (Å²) in [5.41, 5.74) is 6.43. The number of halogens is 1. The quantitative estimate of drug-likeness (QED) is 0.363. The van der Waals surface area contributed by atoms with Gasteiger partial charge in [0.15, 0.2) is 0 Å². The Morgan fingerprint density at radius 1 is 1.56 bits per heavy atom. The molecule has 1 aromatic rings. The van der Waals surface area contributed by atoms with E-state index in [1.807, 2.05) is 6.92 Å². The lowest BCUT2D eigenvalue weighted by molar-refractivity contribution is 0.415. The number of hydrazone groups is 1. The van der Waals surface area contributed by atoms with E-state index in [1.165, 1.54) is 0 Å². The van der Waals surface area contributed by atoms with E-state index in [1.54, 1.807) is 30.2 Å². The van der Waals surface area contributed by atoms with Gasteiger partial charge in [0.2, 0.25) is 5.96 Å². The van der Waals surface area contributed by atoms with Crippen molar-refractivity contribution >= 4 is 23.2 Å². The normalized spacial score (nSPS) is 11.3. The van der Waals surface area contributed by atoms with E-state index < -0.39 is 0 Å². The number of benzene rings is 1. The number of nitrogens with two attached hydrogens (primary N) is 2. The summed E-state index contributed by atoms with van der Waals surface area (Å²) < 4.78 is 5.23. The van der Waals surface area contributed by atoms with Gasteiger partial charge in [-0.1, -0.05) is 11.6 Å². The van der Waals surface area contributed by atoms with Crippen LogP contribution in [0.15, 0.2) is 23.3 Å². The average molecular weight is 243 g/mol. The number of hydrogen-bond donors (Lipinski definition) is 2. The number of hydrogen-bond acceptors (Lipinski definition) is 3. The summed E-state index contributed by atoms with van der Waals surface area (Å²) in [7, 11) is 1.58. The monoisotopic (exact) mass is 242 g/mol. The van der Waals surface area contributed by atoms with Crippen LogP contribution in [0.1, 0.15) is 6.92 Å². The third-order valence-corrected chi connectivity index (χ3v) is 2.39. The van der Waals surface area contributed by atoms with Crippen LogP contribution in [0.5, 0.6) is 5.75 Å². The highest BCUT2D eigenvalue weighted by Crippen LogP contribution is 2.30. The molecule has 0 atom stereocenters. The molecular formula is C10H15ClN4O. The second-order valence-corrected chi connectivity index (χ2v) is 3.48. The Hall–Kier alpha value is -1.62. The zero-order valence-electron chi connectivity index (χ0n) is 9.27. The number of rotatable bonds is 3. The maximum Gasteiger partial charge on any atom is 0.217 e. The van der Waals surface area contributed by atoms with Crippen molar-refractivity contribution < 1.29 is 4.74 Å². The molecule has 1 aromatic carbocycles. The van der Waals surface area contributed by atoms with Crippen LogP contribution in [0.4, 0.5) is 5.69 Å². The van der Waals surface area contributed by atoms with E-state index in [9.17, 15) is 0 Å². The maximum absolute atomic E-state index is 5.93. The van der Waals surface area contributed by atoms with Crippen LogP contribution in [0, 0.1) is 0 Å². The van der Waals surface area contributed by atoms with Gasteiger partial charge in [-0.3, -0.25) is 0 Å². The molecule has 0 aliphatic carbocycles. The van der Waals surface area contributed by atoms with Gasteiger partial charge >= 0.3 is 0 Å². The van der Waals surface area contributed by atoms with E-state index in [-0.39, 0.29) is 5.96 Å². The largest absolute Gasteiger partial charge is 0.495 e. The highest BCUT2D eigenvalue weighted by atomic mass is 35.5. The average Bonchev–Trinajstić information content (AvgIpc) is 2.30. The van der Waals surface area contributed by atoms with Crippen molar-refractivity contribution in [2.24, 2.45) is 16.7 Å². The van der Waals surface area contributed by atoms with E-state index in [0.29, 0.717) is 17.3 Å². The fourth-order valence-corrected chi connectivity index (χ4v) is 1.57. The smallest absolute Gasteiger partial charge is 0.217 e. The molecule has 0 heterocycles. The summed E-state index contributed by atoms with van der Waals surface area (Å²) in [6, 6.07) is 5.26. The summed E-state index contributed by atoms with van der Waals surface area (Å²) >= 11 is 5.93. The highest BCUT2D eigenvalue weighted by Gasteiger charge is 2.14. The molecule has 88 valence electrons. The Kier molecular flexibility index (Phi) is 4.25. The van der Waals surface area contributed by atoms with Crippen LogP contribution in [0.25, 0.3) is 0 Å². The second kappa shape index (κ2) is 5.46. The summed E-state index contributed by atoms with van der Waals surface area (Å²) in [5.74, 6) is 6.04. The maximum atomic E-state index is 5.93. The van der Waals surface area contributed by atoms with Crippen molar-refractivity contribution in [2.45, 2.75) is 6.92 Å². The van der Waals surface area contributed by atoms with Crippen molar-refractivity contribution in [3.63, 3.8) is 0 Å². The summed E-state index contributed by atoms with van der Waals surface area (Å²) in [6.07, 6.45) is 0. The number of anilines is 1. The van der Waals surface area contributed by atoms with E-state index in [4.69, 9.17) is 27.9 Å². The minimum absolute atomic E-state index is 0.211. The summed E-state index contributed by atoms with van der Waals surface area (Å²) in [5, 5.41) is 4.06. The predicted molar refractivity (Wildman–Crippen MR) is 66.8 cm³/mol. The Morgan fingerprint density at radius 2 is 2.25 bits per heavy atom. The standard InChI is InChI=1S/C10H15ClN4O/c1-3-15(10(12)14-13)8-6-7(11)4-5-9(8)16-2/h4-6H,3,13H2,1-2H3,(H2,12,14). The summed E-state index contributed by atoms with van der Waals surface area (Å²) in [6.45, 7) is 2.54. The van der Waals surface area contributed by atoms with Crippen molar-refractivity contribution in [3.8, 4) is 5.75 Å². The zero-order chi connectivity index (χ0) is 12.1. The van der Waals surface area contributed by atoms with Gasteiger partial charge < -0.3 is 21.2 Å². The Bertz CT molecular complexity index is 394. The van der Waals surface area contributed by atoms with Crippen LogP contribution in [0.2, 0.25) is 5.02 Å². The van der Waals surface area contributed by atoms with Gasteiger partial charge in [0.05, 0.1) is 12.8 Å². The summed E-state index contributed by atoms with van der Waals surface area (Å²) in [4.78, 5) is 1.71. The minimum Gasteiger partial charge on any atom is -0.495 e. The molecular weight excluding hydrogens is 228 g/mol. The molecule has 0 aliphatic rings. The molecule has 0 fully saturated rings. The molecule has 1 rings (SSSR count). The molecule has 0 saturated carbocycles. The van der Waals surface area contributed by atoms with Gasteiger partial charge in [0, 0.05) is 11.6 Å². The number of guanidine groups is 1. The lowest BCUT2D eigenvalue weighted by Gasteiger charge is -2.23. The molecule has 5 nitrogen and oxygen atoms in total. The molecule has 6 heteroatoms. The molecule has 0 aromatic heterocycles. The first kappa shape index (κ1) is 12.4. The van der Waals surface area contributed by atoms with Gasteiger partial charge in [0.25, 0.3) is 0 Å². The molecule has 4 N–H and O–H groups in total. The fourth-order valence-electron chi connectivity index (χ4n) is 1.40. The number of ether oxygens (including phenoxy) is 1. The molecule has 0 unspecified atom stereocenters. The number of nitrogens with zero attached hydrogens (tertiary/aromatic N) is 2. The van der Waals surface area contributed by atoms with Crippen LogP contribution >= 0.6 is 11.6 Å². The third kappa shape index (κ3) is 2.49. The van der Waals surface area contributed by atoms with E-state index in [2.05, 4.69) is 5.10 Å². The van der Waals surface area contributed by atoms with Gasteiger partial charge in [-0.15, -0.1) is 5.10 Å². The Morgan fingerprint density at radius 3 is 2.75 bits per heavy atom. The van der Waals surface area contributed by atoms with Gasteiger partial charge in [-0.2, -0.15) is 0 Å². The molecule has 16 heavy (non-hydrogen) atoms. The molecule has 0 aliphatic heterocycles. The van der Waals surface area contributed by atoms with Crippen LogP contribution in [-0.4, -0.2) is 19.6 Å². The van der Waals surface area contributed by atoms with Crippen LogP contribution < -0.4 is 21.2 Å².